The van der Waals surface area contributed by atoms with Crippen LogP contribution < -0.4 is 11.5 Å². The van der Waals surface area contributed by atoms with Crippen molar-refractivity contribution in [1.29, 1.82) is 0 Å². The molecule has 5 nitrogen and oxygen atoms in total. The maximum absolute atomic E-state index is 10.9. The van der Waals surface area contributed by atoms with Crippen molar-refractivity contribution in [2.45, 2.75) is 58.8 Å². The van der Waals surface area contributed by atoms with E-state index in [0.29, 0.717) is 18.3 Å². The molecule has 19 heavy (non-hydrogen) atoms. The summed E-state index contributed by atoms with van der Waals surface area (Å²) in [4.78, 5) is 13.5. The SMILES string of the molecule is CC(C)CCCC(C)CCC(CN)c1noc(=O)[nH]1. The monoisotopic (exact) mass is 269 g/mol. The Balaban J connectivity index is 2.31. The van der Waals surface area contributed by atoms with Crippen molar-refractivity contribution in [1.82, 2.24) is 10.1 Å². The smallest absolute Gasteiger partial charge is 0.330 e. The lowest BCUT2D eigenvalue weighted by Gasteiger charge is -2.15. The van der Waals surface area contributed by atoms with Crippen LogP contribution in [0, 0.1) is 11.8 Å². The van der Waals surface area contributed by atoms with Gasteiger partial charge in [0.2, 0.25) is 0 Å². The van der Waals surface area contributed by atoms with Gasteiger partial charge in [0.25, 0.3) is 0 Å². The first-order valence-corrected chi connectivity index (χ1v) is 7.28. The Morgan fingerprint density at radius 1 is 1.21 bits per heavy atom. The lowest BCUT2D eigenvalue weighted by Crippen LogP contribution is -2.16. The van der Waals surface area contributed by atoms with E-state index in [1.165, 1.54) is 19.3 Å². The fraction of sp³-hybridized carbons (Fsp3) is 0.857. The Morgan fingerprint density at radius 2 is 1.95 bits per heavy atom. The molecule has 0 aliphatic rings. The molecule has 3 N–H and O–H groups in total. The van der Waals surface area contributed by atoms with E-state index in [1.54, 1.807) is 0 Å². The van der Waals surface area contributed by atoms with Crippen molar-refractivity contribution in [2.75, 3.05) is 6.54 Å². The van der Waals surface area contributed by atoms with Crippen LogP contribution in [0.5, 0.6) is 0 Å². The van der Waals surface area contributed by atoms with E-state index in [9.17, 15) is 4.79 Å². The van der Waals surface area contributed by atoms with Gasteiger partial charge in [-0.1, -0.05) is 45.2 Å². The van der Waals surface area contributed by atoms with E-state index in [4.69, 9.17) is 5.73 Å². The molecule has 2 unspecified atom stereocenters. The molecule has 2 atom stereocenters. The van der Waals surface area contributed by atoms with Crippen molar-refractivity contribution in [3.8, 4) is 0 Å². The third-order valence-electron chi connectivity index (χ3n) is 3.61. The highest BCUT2D eigenvalue weighted by Crippen LogP contribution is 2.22. The van der Waals surface area contributed by atoms with E-state index in [1.807, 2.05) is 0 Å². The summed E-state index contributed by atoms with van der Waals surface area (Å²) >= 11 is 0. The molecule has 0 aliphatic carbocycles. The minimum absolute atomic E-state index is 0.0963. The zero-order valence-corrected chi connectivity index (χ0v) is 12.3. The van der Waals surface area contributed by atoms with Gasteiger partial charge in [-0.25, -0.2) is 4.79 Å². The molecule has 0 radical (unpaired) electrons. The van der Waals surface area contributed by atoms with Crippen LogP contribution in [0.1, 0.15) is 64.6 Å². The van der Waals surface area contributed by atoms with Gasteiger partial charge in [0.15, 0.2) is 5.82 Å². The minimum atomic E-state index is -0.501. The molecule has 1 rings (SSSR count). The number of nitrogens with two attached hydrogens (primary N) is 1. The Morgan fingerprint density at radius 3 is 2.47 bits per heavy atom. The molecule has 0 saturated carbocycles. The van der Waals surface area contributed by atoms with Crippen LogP contribution >= 0.6 is 0 Å². The van der Waals surface area contributed by atoms with Gasteiger partial charge >= 0.3 is 5.76 Å². The maximum atomic E-state index is 10.9. The van der Waals surface area contributed by atoms with Gasteiger partial charge in [0.05, 0.1) is 0 Å². The largest absolute Gasteiger partial charge is 0.438 e. The standard InChI is InChI=1S/C14H27N3O2/c1-10(2)5-4-6-11(3)7-8-12(9-15)13-16-14(18)19-17-13/h10-12H,4-9,15H2,1-3H3,(H,16,17,18). The Hall–Kier alpha value is -1.10. The number of H-pyrrole nitrogens is 1. The van der Waals surface area contributed by atoms with Crippen molar-refractivity contribution in [3.05, 3.63) is 16.4 Å². The molecular formula is C14H27N3O2. The average molecular weight is 269 g/mol. The predicted octanol–water partition coefficient (Wildman–Crippen LogP) is 2.65. The zero-order chi connectivity index (χ0) is 14.3. The van der Waals surface area contributed by atoms with Crippen LogP contribution in [0.15, 0.2) is 9.32 Å². The van der Waals surface area contributed by atoms with Gasteiger partial charge in [-0.15, -0.1) is 0 Å². The van der Waals surface area contributed by atoms with Crippen LogP contribution in [0.4, 0.5) is 0 Å². The molecule has 5 heteroatoms. The van der Waals surface area contributed by atoms with E-state index >= 15 is 0 Å². The lowest BCUT2D eigenvalue weighted by molar-refractivity contribution is 0.369. The molecule has 0 aliphatic heterocycles. The number of aromatic amines is 1. The highest BCUT2D eigenvalue weighted by Gasteiger charge is 2.16. The Kier molecular flexibility index (Phi) is 6.84. The van der Waals surface area contributed by atoms with Crippen LogP contribution in [0.2, 0.25) is 0 Å². The van der Waals surface area contributed by atoms with Crippen LogP contribution in [0.25, 0.3) is 0 Å². The first-order chi connectivity index (χ1) is 9.02. The quantitative estimate of drug-likeness (QED) is 0.721. The number of hydrogen-bond donors (Lipinski definition) is 2. The topological polar surface area (TPSA) is 84.9 Å². The summed E-state index contributed by atoms with van der Waals surface area (Å²) in [5.74, 6) is 1.65. The van der Waals surface area contributed by atoms with Gasteiger partial charge in [-0.3, -0.25) is 9.51 Å². The first-order valence-electron chi connectivity index (χ1n) is 7.28. The Labute approximate surface area is 114 Å². The summed E-state index contributed by atoms with van der Waals surface area (Å²) in [6.45, 7) is 7.28. The molecule has 1 aromatic heterocycles. The highest BCUT2D eigenvalue weighted by atomic mass is 16.5. The number of nitrogens with one attached hydrogen (secondary N) is 1. The van der Waals surface area contributed by atoms with Gasteiger partial charge in [-0.05, 0) is 24.7 Å². The summed E-state index contributed by atoms with van der Waals surface area (Å²) < 4.78 is 4.53. The maximum Gasteiger partial charge on any atom is 0.438 e. The number of aromatic nitrogens is 2. The molecule has 0 fully saturated rings. The summed E-state index contributed by atoms with van der Waals surface area (Å²) in [6.07, 6.45) is 5.88. The van der Waals surface area contributed by atoms with Crippen molar-refractivity contribution in [3.63, 3.8) is 0 Å². The highest BCUT2D eigenvalue weighted by molar-refractivity contribution is 4.92. The second-order valence-corrected chi connectivity index (χ2v) is 5.92. The van der Waals surface area contributed by atoms with E-state index in [2.05, 4.69) is 35.4 Å². The molecular weight excluding hydrogens is 242 g/mol. The fourth-order valence-corrected chi connectivity index (χ4v) is 2.29. The van der Waals surface area contributed by atoms with Crippen LogP contribution in [0.3, 0.4) is 0 Å². The minimum Gasteiger partial charge on any atom is -0.330 e. The number of hydrogen-bond acceptors (Lipinski definition) is 4. The number of rotatable bonds is 9. The third-order valence-corrected chi connectivity index (χ3v) is 3.61. The second kappa shape index (κ2) is 8.15. The van der Waals surface area contributed by atoms with E-state index in [0.717, 1.165) is 18.8 Å². The Bertz CT molecular complexity index is 397. The second-order valence-electron chi connectivity index (χ2n) is 5.92. The zero-order valence-electron chi connectivity index (χ0n) is 12.3. The molecule has 0 spiro atoms. The van der Waals surface area contributed by atoms with Gasteiger partial charge < -0.3 is 5.73 Å². The molecule has 0 bridgehead atoms. The van der Waals surface area contributed by atoms with Crippen molar-refractivity contribution < 1.29 is 4.52 Å². The summed E-state index contributed by atoms with van der Waals surface area (Å²) in [5.41, 5.74) is 5.74. The van der Waals surface area contributed by atoms with Crippen LogP contribution in [-0.4, -0.2) is 16.7 Å². The summed E-state index contributed by atoms with van der Waals surface area (Å²) in [7, 11) is 0. The third kappa shape index (κ3) is 6.05. The summed E-state index contributed by atoms with van der Waals surface area (Å²) in [6, 6.07) is 0. The first kappa shape index (κ1) is 16.0. The average Bonchev–Trinajstić information content (AvgIpc) is 2.76. The predicted molar refractivity (Wildman–Crippen MR) is 76.0 cm³/mol. The number of nitrogens with zero attached hydrogens (tertiary/aromatic N) is 1. The van der Waals surface area contributed by atoms with E-state index < -0.39 is 5.76 Å². The van der Waals surface area contributed by atoms with Gasteiger partial charge in [0, 0.05) is 12.5 Å². The fourth-order valence-electron chi connectivity index (χ4n) is 2.29. The summed E-state index contributed by atoms with van der Waals surface area (Å²) in [5, 5.41) is 3.73. The van der Waals surface area contributed by atoms with Gasteiger partial charge in [0.1, 0.15) is 0 Å². The normalized spacial score (nSPS) is 14.8. The van der Waals surface area contributed by atoms with Crippen molar-refractivity contribution >= 4 is 0 Å². The van der Waals surface area contributed by atoms with Gasteiger partial charge in [-0.2, -0.15) is 0 Å². The molecule has 0 saturated heterocycles. The molecule has 0 amide bonds. The molecule has 110 valence electrons. The molecule has 0 aromatic carbocycles. The molecule has 1 aromatic rings. The molecule has 1 heterocycles. The van der Waals surface area contributed by atoms with E-state index in [-0.39, 0.29) is 5.92 Å². The lowest BCUT2D eigenvalue weighted by atomic mass is 9.92. The van der Waals surface area contributed by atoms with Crippen LogP contribution in [-0.2, 0) is 0 Å². The van der Waals surface area contributed by atoms with Crippen molar-refractivity contribution in [2.24, 2.45) is 17.6 Å².